The van der Waals surface area contributed by atoms with Gasteiger partial charge < -0.3 is 20.1 Å². The molecule has 0 amide bonds. The summed E-state index contributed by atoms with van der Waals surface area (Å²) in [6.07, 6.45) is 5.27. The number of pyridine rings is 1. The number of nitrogens with zero attached hydrogens (tertiary/aromatic N) is 2. The van der Waals surface area contributed by atoms with Crippen molar-refractivity contribution < 1.29 is 9.47 Å². The Morgan fingerprint density at radius 3 is 2.68 bits per heavy atom. The molecule has 1 aromatic heterocycles. The van der Waals surface area contributed by atoms with Gasteiger partial charge in [0.25, 0.3) is 0 Å². The third kappa shape index (κ3) is 7.18. The SMILES string of the molecule is CN=C(NCCc1ccccc1OC)NCc1ccc(OCC2CC2)nc1.I. The summed E-state index contributed by atoms with van der Waals surface area (Å²) in [6, 6.07) is 12.0. The van der Waals surface area contributed by atoms with E-state index >= 15 is 0 Å². The predicted octanol–water partition coefficient (Wildman–Crippen LogP) is 3.40. The molecule has 1 aliphatic rings. The number of para-hydroxylation sites is 1. The Morgan fingerprint density at radius 2 is 2.00 bits per heavy atom. The topological polar surface area (TPSA) is 67.8 Å². The highest BCUT2D eigenvalue weighted by atomic mass is 127. The van der Waals surface area contributed by atoms with Crippen LogP contribution in [0, 0.1) is 5.92 Å². The molecule has 1 aromatic carbocycles. The van der Waals surface area contributed by atoms with Crippen molar-refractivity contribution in [3.05, 3.63) is 53.7 Å². The molecule has 152 valence electrons. The summed E-state index contributed by atoms with van der Waals surface area (Å²) in [7, 11) is 3.47. The first kappa shape index (κ1) is 22.3. The van der Waals surface area contributed by atoms with Gasteiger partial charge in [0.1, 0.15) is 5.75 Å². The van der Waals surface area contributed by atoms with Crippen molar-refractivity contribution in [3.8, 4) is 11.6 Å². The number of guanidine groups is 1. The summed E-state index contributed by atoms with van der Waals surface area (Å²) >= 11 is 0. The second-order valence-electron chi connectivity index (χ2n) is 6.67. The van der Waals surface area contributed by atoms with Crippen molar-refractivity contribution >= 4 is 29.9 Å². The number of aromatic nitrogens is 1. The van der Waals surface area contributed by atoms with Crippen molar-refractivity contribution in [1.82, 2.24) is 15.6 Å². The number of nitrogens with one attached hydrogen (secondary N) is 2. The molecule has 2 aromatic rings. The van der Waals surface area contributed by atoms with E-state index in [-0.39, 0.29) is 24.0 Å². The molecule has 0 radical (unpaired) electrons. The average Bonchev–Trinajstić information content (AvgIpc) is 3.54. The lowest BCUT2D eigenvalue weighted by molar-refractivity contribution is 0.288. The highest BCUT2D eigenvalue weighted by Crippen LogP contribution is 2.29. The summed E-state index contributed by atoms with van der Waals surface area (Å²) in [5, 5.41) is 6.64. The van der Waals surface area contributed by atoms with E-state index in [0.29, 0.717) is 12.4 Å². The average molecular weight is 496 g/mol. The Kier molecular flexibility index (Phi) is 9.33. The van der Waals surface area contributed by atoms with Gasteiger partial charge in [-0.1, -0.05) is 24.3 Å². The van der Waals surface area contributed by atoms with E-state index in [1.165, 1.54) is 18.4 Å². The van der Waals surface area contributed by atoms with Gasteiger partial charge in [0.05, 0.1) is 13.7 Å². The Bertz CT molecular complexity index is 748. The molecule has 3 rings (SSSR count). The largest absolute Gasteiger partial charge is 0.496 e. The molecule has 0 bridgehead atoms. The summed E-state index contributed by atoms with van der Waals surface area (Å²) in [5.74, 6) is 3.11. The summed E-state index contributed by atoms with van der Waals surface area (Å²) in [4.78, 5) is 8.64. The lowest BCUT2D eigenvalue weighted by atomic mass is 10.1. The van der Waals surface area contributed by atoms with Gasteiger partial charge in [0, 0.05) is 32.4 Å². The summed E-state index contributed by atoms with van der Waals surface area (Å²) in [5.41, 5.74) is 2.26. The molecular formula is C21H29IN4O2. The highest BCUT2D eigenvalue weighted by Gasteiger charge is 2.22. The number of halogens is 1. The maximum atomic E-state index is 5.67. The van der Waals surface area contributed by atoms with Gasteiger partial charge in [-0.25, -0.2) is 4.98 Å². The quantitative estimate of drug-likeness (QED) is 0.317. The van der Waals surface area contributed by atoms with Gasteiger partial charge in [-0.3, -0.25) is 4.99 Å². The lowest BCUT2D eigenvalue weighted by Crippen LogP contribution is -2.37. The molecule has 2 N–H and O–H groups in total. The van der Waals surface area contributed by atoms with Crippen LogP contribution in [0.5, 0.6) is 11.6 Å². The number of rotatable bonds is 9. The van der Waals surface area contributed by atoms with Crippen LogP contribution < -0.4 is 20.1 Å². The maximum absolute atomic E-state index is 5.67. The zero-order valence-corrected chi connectivity index (χ0v) is 18.8. The minimum Gasteiger partial charge on any atom is -0.496 e. The first-order valence-electron chi connectivity index (χ1n) is 9.42. The molecule has 0 atom stereocenters. The van der Waals surface area contributed by atoms with Gasteiger partial charge in [-0.05, 0) is 42.4 Å². The smallest absolute Gasteiger partial charge is 0.213 e. The number of aliphatic imine (C=N–C) groups is 1. The number of methoxy groups -OCH3 is 1. The minimum atomic E-state index is 0. The van der Waals surface area contributed by atoms with Crippen molar-refractivity contribution in [2.45, 2.75) is 25.8 Å². The molecule has 0 spiro atoms. The third-order valence-electron chi connectivity index (χ3n) is 4.52. The normalized spacial score (nSPS) is 13.4. The Morgan fingerprint density at radius 1 is 1.18 bits per heavy atom. The van der Waals surface area contributed by atoms with Crippen LogP contribution >= 0.6 is 24.0 Å². The van der Waals surface area contributed by atoms with Gasteiger partial charge in [0.2, 0.25) is 5.88 Å². The van der Waals surface area contributed by atoms with Crippen molar-refractivity contribution in [3.63, 3.8) is 0 Å². The monoisotopic (exact) mass is 496 g/mol. The zero-order chi connectivity index (χ0) is 18.9. The highest BCUT2D eigenvalue weighted by molar-refractivity contribution is 14.0. The molecule has 0 saturated heterocycles. The van der Waals surface area contributed by atoms with Gasteiger partial charge in [0.15, 0.2) is 5.96 Å². The standard InChI is InChI=1S/C21H28N4O2.HI/c1-22-21(23-12-11-18-5-3-4-6-19(18)26-2)25-14-17-9-10-20(24-13-17)27-15-16-7-8-16;/h3-6,9-10,13,16H,7-8,11-12,14-15H2,1-2H3,(H2,22,23,25);1H. The molecule has 28 heavy (non-hydrogen) atoms. The van der Waals surface area contributed by atoms with Gasteiger partial charge in [-0.2, -0.15) is 0 Å². The van der Waals surface area contributed by atoms with E-state index in [1.54, 1.807) is 14.2 Å². The first-order chi connectivity index (χ1) is 13.3. The van der Waals surface area contributed by atoms with Crippen LogP contribution in [-0.4, -0.2) is 38.3 Å². The van der Waals surface area contributed by atoms with Crippen LogP contribution in [0.1, 0.15) is 24.0 Å². The zero-order valence-electron chi connectivity index (χ0n) is 16.5. The van der Waals surface area contributed by atoms with E-state index < -0.39 is 0 Å². The molecule has 6 nitrogen and oxygen atoms in total. The summed E-state index contributed by atoms with van der Waals surface area (Å²) in [6.45, 7) is 2.21. The fourth-order valence-corrected chi connectivity index (χ4v) is 2.72. The van der Waals surface area contributed by atoms with Crippen LogP contribution in [0.4, 0.5) is 0 Å². The molecule has 0 unspecified atom stereocenters. The van der Waals surface area contributed by atoms with Crippen LogP contribution in [0.25, 0.3) is 0 Å². The molecule has 0 aliphatic heterocycles. The van der Waals surface area contributed by atoms with Crippen molar-refractivity contribution in [2.75, 3.05) is 27.3 Å². The van der Waals surface area contributed by atoms with Crippen LogP contribution in [0.3, 0.4) is 0 Å². The molecule has 7 heteroatoms. The predicted molar refractivity (Wildman–Crippen MR) is 123 cm³/mol. The molecule has 1 fully saturated rings. The van der Waals surface area contributed by atoms with E-state index in [2.05, 4.69) is 26.7 Å². The number of benzene rings is 1. The van der Waals surface area contributed by atoms with Crippen LogP contribution in [-0.2, 0) is 13.0 Å². The van der Waals surface area contributed by atoms with E-state index in [0.717, 1.165) is 42.8 Å². The number of hydrogen-bond donors (Lipinski definition) is 2. The van der Waals surface area contributed by atoms with Gasteiger partial charge in [-0.15, -0.1) is 24.0 Å². The third-order valence-corrected chi connectivity index (χ3v) is 4.52. The number of ether oxygens (including phenoxy) is 2. The molecular weight excluding hydrogens is 467 g/mol. The fraction of sp³-hybridized carbons (Fsp3) is 0.429. The van der Waals surface area contributed by atoms with Crippen molar-refractivity contribution in [2.24, 2.45) is 10.9 Å². The van der Waals surface area contributed by atoms with Crippen LogP contribution in [0.2, 0.25) is 0 Å². The maximum Gasteiger partial charge on any atom is 0.213 e. The Balaban J connectivity index is 0.00000280. The number of hydrogen-bond acceptors (Lipinski definition) is 4. The lowest BCUT2D eigenvalue weighted by Gasteiger charge is -2.13. The van der Waals surface area contributed by atoms with Crippen LogP contribution in [0.15, 0.2) is 47.6 Å². The Labute approximate surface area is 184 Å². The molecule has 1 saturated carbocycles. The second-order valence-corrected chi connectivity index (χ2v) is 6.67. The fourth-order valence-electron chi connectivity index (χ4n) is 2.72. The van der Waals surface area contributed by atoms with E-state index in [1.807, 2.05) is 36.5 Å². The van der Waals surface area contributed by atoms with Gasteiger partial charge >= 0.3 is 0 Å². The van der Waals surface area contributed by atoms with E-state index in [9.17, 15) is 0 Å². The second kappa shape index (κ2) is 11.7. The summed E-state index contributed by atoms with van der Waals surface area (Å²) < 4.78 is 11.1. The van der Waals surface area contributed by atoms with Crippen molar-refractivity contribution in [1.29, 1.82) is 0 Å². The molecule has 1 heterocycles. The molecule has 1 aliphatic carbocycles. The minimum absolute atomic E-state index is 0. The Hall–Kier alpha value is -2.03. The first-order valence-corrected chi connectivity index (χ1v) is 9.42. The van der Waals surface area contributed by atoms with E-state index in [4.69, 9.17) is 9.47 Å².